The standard InChI is InChI=1S/C4H10N2/c1-2-6-4-3-5/h1,6H,2-5H2. The molecular weight excluding hydrogens is 76.1 g/mol. The van der Waals surface area contributed by atoms with Crippen LogP contribution in [0.5, 0.6) is 0 Å². The summed E-state index contributed by atoms with van der Waals surface area (Å²) in [5.74, 6) is 0. The van der Waals surface area contributed by atoms with E-state index in [4.69, 9.17) is 12.7 Å². The molecule has 0 atom stereocenters. The van der Waals surface area contributed by atoms with Crippen LogP contribution < -0.4 is 11.1 Å². The third-order valence-corrected chi connectivity index (χ3v) is 0.465. The fourth-order valence-corrected chi connectivity index (χ4v) is 0.204. The molecule has 0 saturated carbocycles. The maximum absolute atomic E-state index is 5.10. The summed E-state index contributed by atoms with van der Waals surface area (Å²) in [6.45, 7) is 7.05. The van der Waals surface area contributed by atoms with E-state index in [0.29, 0.717) is 13.1 Å². The number of hydrogen-bond donors (Lipinski definition) is 2. The van der Waals surface area contributed by atoms with Gasteiger partial charge in [0.15, 0.2) is 0 Å². The summed E-state index contributed by atoms with van der Waals surface area (Å²) < 4.78 is 0. The lowest BCUT2D eigenvalue weighted by Crippen LogP contribution is -2.21. The predicted molar refractivity (Wildman–Crippen MR) is 26.2 cm³/mol. The number of nitrogens with two attached hydrogens (primary N) is 1. The van der Waals surface area contributed by atoms with Crippen molar-refractivity contribution in [3.63, 3.8) is 0 Å². The van der Waals surface area contributed by atoms with E-state index in [2.05, 4.69) is 5.32 Å². The Kier molecular flexibility index (Phi) is 4.85. The van der Waals surface area contributed by atoms with Gasteiger partial charge in [0.2, 0.25) is 0 Å². The van der Waals surface area contributed by atoms with Crippen molar-refractivity contribution in [1.82, 2.24) is 5.32 Å². The predicted octanol–water partition coefficient (Wildman–Crippen LogP) is -0.754. The van der Waals surface area contributed by atoms with Crippen molar-refractivity contribution >= 4 is 0 Å². The van der Waals surface area contributed by atoms with Gasteiger partial charge in [-0.2, -0.15) is 0 Å². The van der Waals surface area contributed by atoms with Crippen LogP contribution in [0, 0.1) is 6.92 Å². The van der Waals surface area contributed by atoms with E-state index in [-0.39, 0.29) is 0 Å². The summed E-state index contributed by atoms with van der Waals surface area (Å²) in [5, 5.41) is 2.85. The Hall–Kier alpha value is -0.0800. The Morgan fingerprint density at radius 3 is 2.50 bits per heavy atom. The Balaban J connectivity index is 2.34. The molecule has 0 amide bonds. The average molecular weight is 86.1 g/mol. The lowest BCUT2D eigenvalue weighted by molar-refractivity contribution is 0.752. The fourth-order valence-electron chi connectivity index (χ4n) is 0.204. The molecule has 0 rings (SSSR count). The number of hydrogen-bond acceptors (Lipinski definition) is 2. The quantitative estimate of drug-likeness (QED) is 0.443. The molecule has 0 saturated heterocycles. The third-order valence-electron chi connectivity index (χ3n) is 0.465. The molecular formula is C4H10N2. The van der Waals surface area contributed by atoms with Crippen LogP contribution in [0.2, 0.25) is 0 Å². The minimum Gasteiger partial charge on any atom is -0.329 e. The molecule has 0 bridgehead atoms. The van der Waals surface area contributed by atoms with Crippen molar-refractivity contribution in [3.05, 3.63) is 6.92 Å². The van der Waals surface area contributed by atoms with E-state index < -0.39 is 0 Å². The minimum atomic E-state index is 0.525. The first-order valence-corrected chi connectivity index (χ1v) is 2.02. The van der Waals surface area contributed by atoms with Gasteiger partial charge in [-0.1, -0.05) is 0 Å². The first-order chi connectivity index (χ1) is 2.91. The molecule has 3 N–H and O–H groups in total. The number of nitrogens with one attached hydrogen (secondary N) is 1. The summed E-state index contributed by atoms with van der Waals surface area (Å²) in [5.41, 5.74) is 5.10. The SMILES string of the molecule is [CH]CNCCN. The highest BCUT2D eigenvalue weighted by molar-refractivity contribution is 4.45. The average Bonchev–Trinajstić information content (AvgIpc) is 1.61. The largest absolute Gasteiger partial charge is 0.329 e. The highest BCUT2D eigenvalue weighted by Crippen LogP contribution is 1.47. The van der Waals surface area contributed by atoms with Crippen LogP contribution >= 0.6 is 0 Å². The van der Waals surface area contributed by atoms with E-state index in [1.807, 2.05) is 0 Å². The van der Waals surface area contributed by atoms with Gasteiger partial charge < -0.3 is 11.1 Å². The summed E-state index contributed by atoms with van der Waals surface area (Å²) in [7, 11) is 0. The van der Waals surface area contributed by atoms with Gasteiger partial charge in [-0.05, 0) is 13.5 Å². The van der Waals surface area contributed by atoms with Crippen molar-refractivity contribution in [2.45, 2.75) is 0 Å². The lowest BCUT2D eigenvalue weighted by atomic mass is 10.6. The van der Waals surface area contributed by atoms with E-state index >= 15 is 0 Å². The minimum absolute atomic E-state index is 0.525. The zero-order chi connectivity index (χ0) is 4.83. The first kappa shape index (κ1) is 5.92. The molecule has 0 spiro atoms. The van der Waals surface area contributed by atoms with Crippen molar-refractivity contribution in [1.29, 1.82) is 0 Å². The van der Waals surface area contributed by atoms with E-state index in [0.717, 1.165) is 6.54 Å². The maximum Gasteiger partial charge on any atom is 0.00746 e. The van der Waals surface area contributed by atoms with Gasteiger partial charge in [-0.25, -0.2) is 0 Å². The Morgan fingerprint density at radius 1 is 1.67 bits per heavy atom. The van der Waals surface area contributed by atoms with Crippen LogP contribution in [0.4, 0.5) is 0 Å². The van der Waals surface area contributed by atoms with Gasteiger partial charge in [0.25, 0.3) is 0 Å². The second-order valence-electron chi connectivity index (χ2n) is 0.993. The molecule has 0 aromatic heterocycles. The summed E-state index contributed by atoms with van der Waals surface area (Å²) >= 11 is 0. The van der Waals surface area contributed by atoms with Crippen LogP contribution in [0.1, 0.15) is 0 Å². The van der Waals surface area contributed by atoms with Gasteiger partial charge in [0.05, 0.1) is 0 Å². The normalized spacial score (nSPS) is 9.00. The van der Waals surface area contributed by atoms with Gasteiger partial charge in [0.1, 0.15) is 0 Å². The van der Waals surface area contributed by atoms with Crippen molar-refractivity contribution < 1.29 is 0 Å². The zero-order valence-corrected chi connectivity index (χ0v) is 3.78. The van der Waals surface area contributed by atoms with Crippen LogP contribution in [0.15, 0.2) is 0 Å². The Morgan fingerprint density at radius 2 is 2.33 bits per heavy atom. The van der Waals surface area contributed by atoms with E-state index in [1.165, 1.54) is 0 Å². The lowest BCUT2D eigenvalue weighted by Gasteiger charge is -1.91. The Bertz CT molecular complexity index is 17.5. The molecule has 36 valence electrons. The van der Waals surface area contributed by atoms with Gasteiger partial charge in [0, 0.05) is 13.1 Å². The Labute approximate surface area is 38.7 Å². The second kappa shape index (κ2) is 4.92. The van der Waals surface area contributed by atoms with E-state index in [9.17, 15) is 0 Å². The molecule has 0 aromatic carbocycles. The third kappa shape index (κ3) is 3.92. The topological polar surface area (TPSA) is 38.0 Å². The van der Waals surface area contributed by atoms with Crippen LogP contribution in [0.25, 0.3) is 0 Å². The molecule has 0 aromatic rings. The number of rotatable bonds is 3. The highest BCUT2D eigenvalue weighted by atomic mass is 14.9. The molecule has 2 radical (unpaired) electrons. The highest BCUT2D eigenvalue weighted by Gasteiger charge is 1.71. The summed E-state index contributed by atoms with van der Waals surface area (Å²) in [6, 6.07) is 0. The van der Waals surface area contributed by atoms with Crippen LogP contribution in [-0.2, 0) is 0 Å². The molecule has 0 heterocycles. The van der Waals surface area contributed by atoms with E-state index in [1.54, 1.807) is 0 Å². The molecule has 0 aliphatic rings. The van der Waals surface area contributed by atoms with Gasteiger partial charge in [-0.3, -0.25) is 0 Å². The zero-order valence-electron chi connectivity index (χ0n) is 3.78. The molecule has 0 aliphatic carbocycles. The first-order valence-electron chi connectivity index (χ1n) is 2.02. The monoisotopic (exact) mass is 86.1 g/mol. The summed E-state index contributed by atoms with van der Waals surface area (Å²) in [6.07, 6.45) is 0. The second-order valence-corrected chi connectivity index (χ2v) is 0.993. The molecule has 0 unspecified atom stereocenters. The van der Waals surface area contributed by atoms with Crippen LogP contribution in [0.3, 0.4) is 0 Å². The molecule has 0 aliphatic heterocycles. The van der Waals surface area contributed by atoms with Crippen molar-refractivity contribution in [2.75, 3.05) is 19.6 Å². The molecule has 2 nitrogen and oxygen atoms in total. The fraction of sp³-hybridized carbons (Fsp3) is 0.750. The van der Waals surface area contributed by atoms with Crippen molar-refractivity contribution in [2.24, 2.45) is 5.73 Å². The molecule has 6 heavy (non-hydrogen) atoms. The smallest absolute Gasteiger partial charge is 0.00746 e. The van der Waals surface area contributed by atoms with Gasteiger partial charge in [-0.15, -0.1) is 0 Å². The molecule has 2 heteroatoms. The van der Waals surface area contributed by atoms with Crippen molar-refractivity contribution in [3.8, 4) is 0 Å². The van der Waals surface area contributed by atoms with Crippen LogP contribution in [-0.4, -0.2) is 19.6 Å². The summed E-state index contributed by atoms with van der Waals surface area (Å²) in [4.78, 5) is 0. The maximum atomic E-state index is 5.10. The molecule has 0 fully saturated rings. The van der Waals surface area contributed by atoms with Gasteiger partial charge >= 0.3 is 0 Å².